The minimum atomic E-state index is 0.447. The van der Waals surface area contributed by atoms with Gasteiger partial charge in [0, 0.05) is 11.4 Å². The first-order valence-electron chi connectivity index (χ1n) is 6.70. The molecule has 1 saturated heterocycles. The summed E-state index contributed by atoms with van der Waals surface area (Å²) >= 11 is 1.83. The van der Waals surface area contributed by atoms with Crippen LogP contribution in [0.1, 0.15) is 37.6 Å². The zero-order valence-corrected chi connectivity index (χ0v) is 11.7. The molecule has 0 aliphatic carbocycles. The minimum Gasteiger partial charge on any atom is -0.329 e. The number of piperidine rings is 1. The van der Waals surface area contributed by atoms with Crippen LogP contribution in [0, 0.1) is 11.8 Å². The van der Waals surface area contributed by atoms with Gasteiger partial charge in [-0.05, 0) is 49.2 Å². The van der Waals surface area contributed by atoms with E-state index in [4.69, 9.17) is 5.73 Å². The Morgan fingerprint density at radius 1 is 1.41 bits per heavy atom. The molecular formula is C14H24N2S. The van der Waals surface area contributed by atoms with E-state index >= 15 is 0 Å². The van der Waals surface area contributed by atoms with Gasteiger partial charge in [0.2, 0.25) is 0 Å². The molecular weight excluding hydrogens is 228 g/mol. The van der Waals surface area contributed by atoms with Gasteiger partial charge in [0.25, 0.3) is 0 Å². The van der Waals surface area contributed by atoms with Gasteiger partial charge < -0.3 is 5.73 Å². The Hall–Kier alpha value is -0.380. The van der Waals surface area contributed by atoms with E-state index in [0.717, 1.165) is 18.4 Å². The smallest absolute Gasteiger partial charge is 0.0564 e. The van der Waals surface area contributed by atoms with Crippen molar-refractivity contribution in [3.05, 3.63) is 22.4 Å². The van der Waals surface area contributed by atoms with Gasteiger partial charge in [-0.3, -0.25) is 4.90 Å². The molecule has 17 heavy (non-hydrogen) atoms. The van der Waals surface area contributed by atoms with Crippen LogP contribution in [0.3, 0.4) is 0 Å². The monoisotopic (exact) mass is 252 g/mol. The molecule has 2 heterocycles. The van der Waals surface area contributed by atoms with Crippen molar-refractivity contribution in [2.45, 2.75) is 32.7 Å². The minimum absolute atomic E-state index is 0.447. The first-order valence-corrected chi connectivity index (χ1v) is 7.58. The van der Waals surface area contributed by atoms with Crippen LogP contribution in [0.5, 0.6) is 0 Å². The van der Waals surface area contributed by atoms with Crippen LogP contribution in [-0.2, 0) is 0 Å². The van der Waals surface area contributed by atoms with Crippen molar-refractivity contribution in [2.75, 3.05) is 19.6 Å². The summed E-state index contributed by atoms with van der Waals surface area (Å²) in [5.41, 5.74) is 5.95. The van der Waals surface area contributed by atoms with E-state index in [0.29, 0.717) is 6.04 Å². The lowest BCUT2D eigenvalue weighted by Gasteiger charge is -2.38. The van der Waals surface area contributed by atoms with Crippen molar-refractivity contribution in [1.29, 1.82) is 0 Å². The van der Waals surface area contributed by atoms with Crippen LogP contribution in [0.2, 0.25) is 0 Å². The molecule has 1 aromatic heterocycles. The van der Waals surface area contributed by atoms with Gasteiger partial charge in [0.05, 0.1) is 6.04 Å². The predicted molar refractivity (Wildman–Crippen MR) is 75.2 cm³/mol. The van der Waals surface area contributed by atoms with E-state index in [1.54, 1.807) is 0 Å². The Morgan fingerprint density at radius 2 is 2.12 bits per heavy atom. The first kappa shape index (κ1) is 13.1. The molecule has 96 valence electrons. The van der Waals surface area contributed by atoms with E-state index in [9.17, 15) is 0 Å². The van der Waals surface area contributed by atoms with E-state index in [1.165, 1.54) is 30.8 Å². The maximum atomic E-state index is 5.95. The largest absolute Gasteiger partial charge is 0.329 e. The number of hydrogen-bond acceptors (Lipinski definition) is 3. The molecule has 0 aromatic carbocycles. The summed E-state index contributed by atoms with van der Waals surface area (Å²) in [5, 5.41) is 2.15. The van der Waals surface area contributed by atoms with Crippen LogP contribution < -0.4 is 5.73 Å². The SMILES string of the molecule is CC(C)C1CCN(C(CN)c2cccs2)CC1. The Morgan fingerprint density at radius 3 is 2.59 bits per heavy atom. The van der Waals surface area contributed by atoms with Crippen molar-refractivity contribution in [1.82, 2.24) is 4.90 Å². The summed E-state index contributed by atoms with van der Waals surface area (Å²) in [7, 11) is 0. The van der Waals surface area contributed by atoms with Gasteiger partial charge in [0.1, 0.15) is 0 Å². The molecule has 0 bridgehead atoms. The van der Waals surface area contributed by atoms with Crippen molar-refractivity contribution in [2.24, 2.45) is 17.6 Å². The van der Waals surface area contributed by atoms with Crippen LogP contribution in [0.25, 0.3) is 0 Å². The third kappa shape index (κ3) is 3.09. The highest BCUT2D eigenvalue weighted by atomic mass is 32.1. The third-order valence-corrected chi connectivity index (χ3v) is 5.03. The van der Waals surface area contributed by atoms with Crippen LogP contribution in [0.15, 0.2) is 17.5 Å². The summed E-state index contributed by atoms with van der Waals surface area (Å²) in [6, 6.07) is 4.79. The number of nitrogens with two attached hydrogens (primary N) is 1. The summed E-state index contributed by atoms with van der Waals surface area (Å²) in [5.74, 6) is 1.74. The van der Waals surface area contributed by atoms with Crippen LogP contribution in [0.4, 0.5) is 0 Å². The fraction of sp³-hybridized carbons (Fsp3) is 0.714. The fourth-order valence-corrected chi connectivity index (χ4v) is 3.70. The van der Waals surface area contributed by atoms with Crippen molar-refractivity contribution < 1.29 is 0 Å². The van der Waals surface area contributed by atoms with Crippen LogP contribution in [-0.4, -0.2) is 24.5 Å². The van der Waals surface area contributed by atoms with Gasteiger partial charge in [-0.2, -0.15) is 0 Å². The molecule has 1 aliphatic rings. The van der Waals surface area contributed by atoms with Gasteiger partial charge >= 0.3 is 0 Å². The summed E-state index contributed by atoms with van der Waals surface area (Å²) in [6.45, 7) is 7.86. The quantitative estimate of drug-likeness (QED) is 0.892. The van der Waals surface area contributed by atoms with Gasteiger partial charge in [-0.1, -0.05) is 19.9 Å². The maximum Gasteiger partial charge on any atom is 0.0564 e. The summed E-state index contributed by atoms with van der Waals surface area (Å²) in [6.07, 6.45) is 2.67. The number of thiophene rings is 1. The Bertz CT molecular complexity index is 313. The van der Waals surface area contributed by atoms with Crippen molar-refractivity contribution in [3.63, 3.8) is 0 Å². The van der Waals surface area contributed by atoms with Gasteiger partial charge in [-0.15, -0.1) is 11.3 Å². The molecule has 0 amide bonds. The molecule has 2 rings (SSSR count). The molecule has 0 radical (unpaired) electrons. The second-order valence-electron chi connectivity index (χ2n) is 5.38. The van der Waals surface area contributed by atoms with E-state index < -0.39 is 0 Å². The zero-order valence-electron chi connectivity index (χ0n) is 10.9. The van der Waals surface area contributed by atoms with E-state index in [2.05, 4.69) is 36.3 Å². The molecule has 0 spiro atoms. The predicted octanol–water partition coefficient (Wildman–Crippen LogP) is 3.12. The standard InChI is InChI=1S/C14H24N2S/c1-11(2)12-5-7-16(8-6-12)13(10-15)14-4-3-9-17-14/h3-4,9,11-13H,5-8,10,15H2,1-2H3. The van der Waals surface area contributed by atoms with Crippen LogP contribution >= 0.6 is 11.3 Å². The molecule has 1 aliphatic heterocycles. The van der Waals surface area contributed by atoms with E-state index in [-0.39, 0.29) is 0 Å². The summed E-state index contributed by atoms with van der Waals surface area (Å²) < 4.78 is 0. The lowest BCUT2D eigenvalue weighted by atomic mass is 9.86. The van der Waals surface area contributed by atoms with Crippen molar-refractivity contribution in [3.8, 4) is 0 Å². The highest BCUT2D eigenvalue weighted by Crippen LogP contribution is 2.31. The van der Waals surface area contributed by atoms with Gasteiger partial charge in [-0.25, -0.2) is 0 Å². The summed E-state index contributed by atoms with van der Waals surface area (Å²) in [4.78, 5) is 4.00. The number of nitrogens with zero attached hydrogens (tertiary/aromatic N) is 1. The second kappa shape index (κ2) is 5.98. The number of rotatable bonds is 4. The zero-order chi connectivity index (χ0) is 12.3. The first-order chi connectivity index (χ1) is 8.22. The topological polar surface area (TPSA) is 29.3 Å². The highest BCUT2D eigenvalue weighted by molar-refractivity contribution is 7.10. The Kier molecular flexibility index (Phi) is 4.60. The average Bonchev–Trinajstić information content (AvgIpc) is 2.84. The number of likely N-dealkylation sites (tertiary alicyclic amines) is 1. The molecule has 3 heteroatoms. The molecule has 1 unspecified atom stereocenters. The number of hydrogen-bond donors (Lipinski definition) is 1. The highest BCUT2D eigenvalue weighted by Gasteiger charge is 2.26. The average molecular weight is 252 g/mol. The van der Waals surface area contributed by atoms with Crippen molar-refractivity contribution >= 4 is 11.3 Å². The third-order valence-electron chi connectivity index (χ3n) is 4.05. The molecule has 1 aromatic rings. The molecule has 2 N–H and O–H groups in total. The second-order valence-corrected chi connectivity index (χ2v) is 6.36. The maximum absolute atomic E-state index is 5.95. The molecule has 2 nitrogen and oxygen atoms in total. The van der Waals surface area contributed by atoms with Gasteiger partial charge in [0.15, 0.2) is 0 Å². The molecule has 0 saturated carbocycles. The normalized spacial score (nSPS) is 20.9. The lowest BCUT2D eigenvalue weighted by Crippen LogP contribution is -2.40. The lowest BCUT2D eigenvalue weighted by molar-refractivity contribution is 0.119. The Balaban J connectivity index is 1.95. The molecule has 1 fully saturated rings. The van der Waals surface area contributed by atoms with E-state index in [1.807, 2.05) is 11.3 Å². The molecule has 1 atom stereocenters. The fourth-order valence-electron chi connectivity index (χ4n) is 2.82. The Labute approximate surface area is 109 Å².